The summed E-state index contributed by atoms with van der Waals surface area (Å²) in [7, 11) is 6.64. The molecule has 1 N–H and O–H groups in total. The number of rotatable bonds is 5. The van der Waals surface area contributed by atoms with Crippen molar-refractivity contribution in [2.75, 3.05) is 47.3 Å². The predicted molar refractivity (Wildman–Crippen MR) is 66.2 cm³/mol. The molecule has 1 heterocycles. The Morgan fingerprint density at radius 1 is 1.33 bits per heavy atom. The lowest BCUT2D eigenvalue weighted by molar-refractivity contribution is 0.130. The van der Waals surface area contributed by atoms with E-state index in [-0.39, 0.29) is 0 Å². The van der Waals surface area contributed by atoms with Gasteiger partial charge in [0, 0.05) is 12.6 Å². The summed E-state index contributed by atoms with van der Waals surface area (Å²) in [6.45, 7) is 6.93. The van der Waals surface area contributed by atoms with E-state index in [0.29, 0.717) is 6.04 Å². The number of likely N-dealkylation sites (tertiary alicyclic amines) is 1. The van der Waals surface area contributed by atoms with Crippen molar-refractivity contribution in [1.82, 2.24) is 15.1 Å². The topological polar surface area (TPSA) is 18.5 Å². The van der Waals surface area contributed by atoms with E-state index < -0.39 is 0 Å². The summed E-state index contributed by atoms with van der Waals surface area (Å²) < 4.78 is 0. The van der Waals surface area contributed by atoms with Crippen molar-refractivity contribution in [3.63, 3.8) is 0 Å². The standard InChI is InChI=1S/C12H27N3/c1-5-13-10-12(14(2)3)11-6-8-15(4)9-7-11/h11-13H,5-10H2,1-4H3. The molecule has 1 fully saturated rings. The van der Waals surface area contributed by atoms with Crippen LogP contribution in [0.25, 0.3) is 0 Å². The largest absolute Gasteiger partial charge is 0.315 e. The summed E-state index contributed by atoms with van der Waals surface area (Å²) in [4.78, 5) is 4.83. The molecule has 0 amide bonds. The Bertz CT molecular complexity index is 162. The van der Waals surface area contributed by atoms with Crippen LogP contribution in [0.3, 0.4) is 0 Å². The monoisotopic (exact) mass is 213 g/mol. The van der Waals surface area contributed by atoms with Gasteiger partial charge in [0.05, 0.1) is 0 Å². The van der Waals surface area contributed by atoms with Gasteiger partial charge in [-0.2, -0.15) is 0 Å². The summed E-state index contributed by atoms with van der Waals surface area (Å²) in [6, 6.07) is 0.707. The number of hydrogen-bond donors (Lipinski definition) is 1. The van der Waals surface area contributed by atoms with E-state index in [1.165, 1.54) is 25.9 Å². The zero-order chi connectivity index (χ0) is 11.3. The highest BCUT2D eigenvalue weighted by Gasteiger charge is 2.26. The fourth-order valence-electron chi connectivity index (χ4n) is 2.48. The first-order chi connectivity index (χ1) is 7.15. The lowest BCUT2D eigenvalue weighted by Crippen LogP contribution is -2.46. The van der Waals surface area contributed by atoms with Crippen LogP contribution in [0.4, 0.5) is 0 Å². The Labute approximate surface area is 94.8 Å². The van der Waals surface area contributed by atoms with Gasteiger partial charge in [-0.25, -0.2) is 0 Å². The third-order valence-electron chi connectivity index (χ3n) is 3.57. The predicted octanol–water partition coefficient (Wildman–Crippen LogP) is 0.868. The zero-order valence-electron chi connectivity index (χ0n) is 10.8. The normalized spacial score (nSPS) is 22.2. The summed E-state index contributed by atoms with van der Waals surface area (Å²) in [6.07, 6.45) is 2.70. The first-order valence-electron chi connectivity index (χ1n) is 6.20. The highest BCUT2D eigenvalue weighted by molar-refractivity contribution is 4.82. The molecule has 0 aromatic heterocycles. The van der Waals surface area contributed by atoms with E-state index in [0.717, 1.165) is 19.0 Å². The van der Waals surface area contributed by atoms with Crippen molar-refractivity contribution in [3.8, 4) is 0 Å². The maximum absolute atomic E-state index is 3.48. The Balaban J connectivity index is 2.41. The summed E-state index contributed by atoms with van der Waals surface area (Å²) in [5.41, 5.74) is 0. The van der Waals surface area contributed by atoms with Gasteiger partial charge in [0.25, 0.3) is 0 Å². The molecule has 0 aliphatic carbocycles. The Kier molecular flexibility index (Phi) is 5.58. The first kappa shape index (κ1) is 12.9. The van der Waals surface area contributed by atoms with Crippen molar-refractivity contribution in [2.45, 2.75) is 25.8 Å². The highest BCUT2D eigenvalue weighted by Crippen LogP contribution is 2.21. The zero-order valence-corrected chi connectivity index (χ0v) is 10.8. The minimum atomic E-state index is 0.707. The fourth-order valence-corrected chi connectivity index (χ4v) is 2.48. The number of nitrogens with one attached hydrogen (secondary N) is 1. The van der Waals surface area contributed by atoms with E-state index in [2.05, 4.69) is 43.2 Å². The van der Waals surface area contributed by atoms with Crippen LogP contribution >= 0.6 is 0 Å². The molecule has 1 atom stereocenters. The van der Waals surface area contributed by atoms with Gasteiger partial charge in [0.15, 0.2) is 0 Å². The van der Waals surface area contributed by atoms with Gasteiger partial charge in [0.1, 0.15) is 0 Å². The molecule has 1 aliphatic rings. The van der Waals surface area contributed by atoms with E-state index in [1.54, 1.807) is 0 Å². The molecule has 1 aliphatic heterocycles. The minimum absolute atomic E-state index is 0.707. The molecular formula is C12H27N3. The summed E-state index contributed by atoms with van der Waals surface area (Å²) in [5.74, 6) is 0.871. The molecule has 0 spiro atoms. The number of nitrogens with zero attached hydrogens (tertiary/aromatic N) is 2. The van der Waals surface area contributed by atoms with Crippen molar-refractivity contribution >= 4 is 0 Å². The van der Waals surface area contributed by atoms with Gasteiger partial charge in [-0.3, -0.25) is 0 Å². The lowest BCUT2D eigenvalue weighted by Gasteiger charge is -2.37. The molecule has 90 valence electrons. The summed E-state index contributed by atoms with van der Waals surface area (Å²) in [5, 5.41) is 3.48. The van der Waals surface area contributed by atoms with Gasteiger partial charge in [0.2, 0.25) is 0 Å². The highest BCUT2D eigenvalue weighted by atomic mass is 15.1. The number of likely N-dealkylation sites (N-methyl/N-ethyl adjacent to an activating group) is 2. The van der Waals surface area contributed by atoms with Gasteiger partial charge >= 0.3 is 0 Å². The molecular weight excluding hydrogens is 186 g/mol. The second kappa shape index (κ2) is 6.46. The molecule has 1 rings (SSSR count). The van der Waals surface area contributed by atoms with E-state index >= 15 is 0 Å². The molecule has 0 aromatic rings. The van der Waals surface area contributed by atoms with Crippen LogP contribution < -0.4 is 5.32 Å². The van der Waals surface area contributed by atoms with Crippen LogP contribution in [0, 0.1) is 5.92 Å². The number of hydrogen-bond acceptors (Lipinski definition) is 3. The Morgan fingerprint density at radius 3 is 2.40 bits per heavy atom. The smallest absolute Gasteiger partial charge is 0.0243 e. The van der Waals surface area contributed by atoms with Crippen molar-refractivity contribution in [2.24, 2.45) is 5.92 Å². The summed E-state index contributed by atoms with van der Waals surface area (Å²) >= 11 is 0. The molecule has 0 bridgehead atoms. The Morgan fingerprint density at radius 2 is 1.93 bits per heavy atom. The molecule has 1 saturated heterocycles. The maximum Gasteiger partial charge on any atom is 0.0243 e. The van der Waals surface area contributed by atoms with Crippen LogP contribution in [0.15, 0.2) is 0 Å². The molecule has 3 heteroatoms. The van der Waals surface area contributed by atoms with E-state index in [4.69, 9.17) is 0 Å². The van der Waals surface area contributed by atoms with Crippen molar-refractivity contribution < 1.29 is 0 Å². The van der Waals surface area contributed by atoms with Gasteiger partial charge in [-0.15, -0.1) is 0 Å². The first-order valence-corrected chi connectivity index (χ1v) is 6.20. The van der Waals surface area contributed by atoms with E-state index in [1.807, 2.05) is 0 Å². The molecule has 0 saturated carbocycles. The van der Waals surface area contributed by atoms with Crippen LogP contribution in [-0.4, -0.2) is 63.2 Å². The number of piperidine rings is 1. The third kappa shape index (κ3) is 4.09. The van der Waals surface area contributed by atoms with Gasteiger partial charge in [-0.1, -0.05) is 6.92 Å². The average Bonchev–Trinajstić information content (AvgIpc) is 2.21. The molecule has 15 heavy (non-hydrogen) atoms. The van der Waals surface area contributed by atoms with Crippen LogP contribution in [-0.2, 0) is 0 Å². The van der Waals surface area contributed by atoms with E-state index in [9.17, 15) is 0 Å². The quantitative estimate of drug-likeness (QED) is 0.731. The second-order valence-electron chi connectivity index (χ2n) is 4.98. The van der Waals surface area contributed by atoms with Crippen LogP contribution in [0.5, 0.6) is 0 Å². The van der Waals surface area contributed by atoms with Crippen molar-refractivity contribution in [1.29, 1.82) is 0 Å². The fraction of sp³-hybridized carbons (Fsp3) is 1.00. The Hall–Kier alpha value is -0.120. The van der Waals surface area contributed by atoms with Crippen LogP contribution in [0.1, 0.15) is 19.8 Å². The third-order valence-corrected chi connectivity index (χ3v) is 3.57. The minimum Gasteiger partial charge on any atom is -0.315 e. The van der Waals surface area contributed by atoms with Crippen LogP contribution in [0.2, 0.25) is 0 Å². The molecule has 0 aromatic carbocycles. The molecule has 1 unspecified atom stereocenters. The van der Waals surface area contributed by atoms with Gasteiger partial charge < -0.3 is 15.1 Å². The van der Waals surface area contributed by atoms with Crippen molar-refractivity contribution in [3.05, 3.63) is 0 Å². The lowest BCUT2D eigenvalue weighted by atomic mass is 9.89. The maximum atomic E-state index is 3.48. The van der Waals surface area contributed by atoms with Gasteiger partial charge in [-0.05, 0) is 59.5 Å². The molecule has 0 radical (unpaired) electrons. The SMILES string of the molecule is CCNCC(C1CCN(C)CC1)N(C)C. The average molecular weight is 213 g/mol. The second-order valence-corrected chi connectivity index (χ2v) is 4.98. The molecule has 3 nitrogen and oxygen atoms in total.